The third-order valence-electron chi connectivity index (χ3n) is 6.92. The van der Waals surface area contributed by atoms with E-state index in [9.17, 15) is 5.26 Å². The van der Waals surface area contributed by atoms with E-state index in [1.165, 1.54) is 6.42 Å². The standard InChI is InChI=1S/C27H32N2O5/c1-30-22-10-9-17(12-23(22)31-2)26-20(15-19-8-6-7-11-29(19)21(26)16-28)18-13-24(32-3)27(34-5)25(14-18)33-4/h9-10,12-14,19-20H,6-8,11,15H2,1-5H3/t19-,20-/m0/s1. The minimum atomic E-state index is -0.0270. The molecule has 2 atom stereocenters. The van der Waals surface area contributed by atoms with Gasteiger partial charge in [0.15, 0.2) is 23.0 Å². The van der Waals surface area contributed by atoms with E-state index in [4.69, 9.17) is 23.7 Å². The molecule has 0 unspecified atom stereocenters. The topological polar surface area (TPSA) is 73.2 Å². The summed E-state index contributed by atoms with van der Waals surface area (Å²) >= 11 is 0. The monoisotopic (exact) mass is 464 g/mol. The highest BCUT2D eigenvalue weighted by atomic mass is 16.5. The van der Waals surface area contributed by atoms with Gasteiger partial charge in [0.05, 0.1) is 35.5 Å². The zero-order chi connectivity index (χ0) is 24.2. The largest absolute Gasteiger partial charge is 0.493 e. The summed E-state index contributed by atoms with van der Waals surface area (Å²) in [6.07, 6.45) is 4.24. The molecule has 0 bridgehead atoms. The van der Waals surface area contributed by atoms with Crippen molar-refractivity contribution in [3.8, 4) is 34.8 Å². The number of allylic oxidation sites excluding steroid dienone is 2. The predicted molar refractivity (Wildman–Crippen MR) is 130 cm³/mol. The Hall–Kier alpha value is -3.53. The van der Waals surface area contributed by atoms with Gasteiger partial charge in [0, 0.05) is 24.1 Å². The Bertz CT molecular complexity index is 1100. The molecule has 1 fully saturated rings. The Morgan fingerprint density at radius 1 is 0.824 bits per heavy atom. The van der Waals surface area contributed by atoms with Gasteiger partial charge in [-0.15, -0.1) is 0 Å². The van der Waals surface area contributed by atoms with E-state index < -0.39 is 0 Å². The van der Waals surface area contributed by atoms with Gasteiger partial charge in [-0.25, -0.2) is 0 Å². The van der Waals surface area contributed by atoms with E-state index in [0.717, 1.165) is 48.2 Å². The van der Waals surface area contributed by atoms with Gasteiger partial charge in [0.1, 0.15) is 11.8 Å². The minimum absolute atomic E-state index is 0.0270. The number of fused-ring (bicyclic) bond motifs is 1. The van der Waals surface area contributed by atoms with Gasteiger partial charge < -0.3 is 28.6 Å². The average Bonchev–Trinajstić information content (AvgIpc) is 2.90. The maximum Gasteiger partial charge on any atom is 0.203 e. The van der Waals surface area contributed by atoms with Crippen molar-refractivity contribution in [3.63, 3.8) is 0 Å². The molecule has 0 amide bonds. The first-order chi connectivity index (χ1) is 16.6. The molecule has 7 heteroatoms. The van der Waals surface area contributed by atoms with Crippen LogP contribution >= 0.6 is 0 Å². The first-order valence-corrected chi connectivity index (χ1v) is 11.5. The van der Waals surface area contributed by atoms with Crippen LogP contribution < -0.4 is 23.7 Å². The second kappa shape index (κ2) is 10.2. The molecule has 2 aromatic rings. The number of piperidine rings is 1. The lowest BCUT2D eigenvalue weighted by atomic mass is 9.75. The van der Waals surface area contributed by atoms with Crippen LogP contribution in [0.4, 0.5) is 0 Å². The zero-order valence-electron chi connectivity index (χ0n) is 20.5. The Balaban J connectivity index is 1.94. The molecule has 2 aliphatic heterocycles. The third kappa shape index (κ3) is 4.09. The molecule has 2 heterocycles. The van der Waals surface area contributed by atoms with Crippen molar-refractivity contribution in [2.75, 3.05) is 42.1 Å². The molecular formula is C27H32N2O5. The lowest BCUT2D eigenvalue weighted by Gasteiger charge is -2.44. The number of benzene rings is 2. The van der Waals surface area contributed by atoms with Crippen LogP contribution in [-0.4, -0.2) is 53.0 Å². The first kappa shape index (κ1) is 23.6. The van der Waals surface area contributed by atoms with Crippen LogP contribution in [0.25, 0.3) is 5.57 Å². The maximum atomic E-state index is 10.4. The molecule has 0 N–H and O–H groups in total. The summed E-state index contributed by atoms with van der Waals surface area (Å²) in [7, 11) is 8.09. The summed E-state index contributed by atoms with van der Waals surface area (Å²) in [6.45, 7) is 0.895. The molecule has 2 aromatic carbocycles. The first-order valence-electron chi connectivity index (χ1n) is 11.5. The smallest absolute Gasteiger partial charge is 0.203 e. The van der Waals surface area contributed by atoms with Crippen molar-refractivity contribution in [1.82, 2.24) is 4.90 Å². The molecule has 0 aliphatic carbocycles. The number of rotatable bonds is 7. The van der Waals surface area contributed by atoms with E-state index >= 15 is 0 Å². The van der Waals surface area contributed by atoms with Crippen molar-refractivity contribution >= 4 is 5.57 Å². The number of nitriles is 1. The maximum absolute atomic E-state index is 10.4. The van der Waals surface area contributed by atoms with Crippen LogP contribution in [0, 0.1) is 11.3 Å². The van der Waals surface area contributed by atoms with E-state index in [1.54, 1.807) is 35.5 Å². The number of nitrogens with zero attached hydrogens (tertiary/aromatic N) is 2. The van der Waals surface area contributed by atoms with E-state index in [0.29, 0.717) is 34.8 Å². The average molecular weight is 465 g/mol. The summed E-state index contributed by atoms with van der Waals surface area (Å²) in [5, 5.41) is 10.4. The Morgan fingerprint density at radius 2 is 1.50 bits per heavy atom. The molecule has 0 radical (unpaired) electrons. The van der Waals surface area contributed by atoms with Crippen LogP contribution in [0.5, 0.6) is 28.7 Å². The Labute approximate surface area is 201 Å². The van der Waals surface area contributed by atoms with Crippen molar-refractivity contribution in [1.29, 1.82) is 5.26 Å². The minimum Gasteiger partial charge on any atom is -0.493 e. The summed E-state index contributed by atoms with van der Waals surface area (Å²) in [6, 6.07) is 12.7. The van der Waals surface area contributed by atoms with Crippen LogP contribution in [0.2, 0.25) is 0 Å². The predicted octanol–water partition coefficient (Wildman–Crippen LogP) is 5.01. The van der Waals surface area contributed by atoms with Crippen LogP contribution in [0.3, 0.4) is 0 Å². The molecule has 0 saturated carbocycles. The Kier molecular flexibility index (Phi) is 7.06. The summed E-state index contributed by atoms with van der Waals surface area (Å²) in [4.78, 5) is 2.30. The van der Waals surface area contributed by atoms with E-state index in [2.05, 4.69) is 11.0 Å². The van der Waals surface area contributed by atoms with Crippen LogP contribution in [0.1, 0.15) is 42.7 Å². The molecule has 1 saturated heterocycles. The normalized spacial score (nSPS) is 19.7. The van der Waals surface area contributed by atoms with E-state index in [-0.39, 0.29) is 5.92 Å². The fourth-order valence-electron chi connectivity index (χ4n) is 5.32. The highest BCUT2D eigenvalue weighted by molar-refractivity contribution is 5.79. The third-order valence-corrected chi connectivity index (χ3v) is 6.92. The van der Waals surface area contributed by atoms with Crippen molar-refractivity contribution < 1.29 is 23.7 Å². The zero-order valence-corrected chi connectivity index (χ0v) is 20.5. The van der Waals surface area contributed by atoms with Gasteiger partial charge >= 0.3 is 0 Å². The molecule has 180 valence electrons. The van der Waals surface area contributed by atoms with Gasteiger partial charge in [-0.05, 0) is 61.1 Å². The Morgan fingerprint density at radius 3 is 2.09 bits per heavy atom. The number of methoxy groups -OCH3 is 5. The number of hydrogen-bond donors (Lipinski definition) is 0. The van der Waals surface area contributed by atoms with Crippen molar-refractivity contribution in [2.24, 2.45) is 0 Å². The second-order valence-electron chi connectivity index (χ2n) is 8.53. The van der Waals surface area contributed by atoms with Crippen LogP contribution in [0.15, 0.2) is 36.0 Å². The van der Waals surface area contributed by atoms with Gasteiger partial charge in [0.25, 0.3) is 0 Å². The molecule has 0 aromatic heterocycles. The SMILES string of the molecule is COc1ccc(C2=C(C#N)N3CCCC[C@H]3C[C@H]2c2cc(OC)c(OC)c(OC)c2)cc1OC. The molecule has 34 heavy (non-hydrogen) atoms. The lowest BCUT2D eigenvalue weighted by molar-refractivity contribution is 0.177. The molecular weight excluding hydrogens is 432 g/mol. The lowest BCUT2D eigenvalue weighted by Crippen LogP contribution is -2.43. The van der Waals surface area contributed by atoms with Crippen molar-refractivity contribution in [3.05, 3.63) is 47.2 Å². The van der Waals surface area contributed by atoms with E-state index in [1.807, 2.05) is 30.3 Å². The number of hydrogen-bond acceptors (Lipinski definition) is 7. The van der Waals surface area contributed by atoms with Gasteiger partial charge in [-0.1, -0.05) is 6.07 Å². The molecule has 7 nitrogen and oxygen atoms in total. The molecule has 2 aliphatic rings. The fraction of sp³-hybridized carbons (Fsp3) is 0.444. The van der Waals surface area contributed by atoms with Gasteiger partial charge in [0.2, 0.25) is 5.75 Å². The highest BCUT2D eigenvalue weighted by Gasteiger charge is 2.38. The molecule has 0 spiro atoms. The summed E-state index contributed by atoms with van der Waals surface area (Å²) < 4.78 is 27.9. The second-order valence-corrected chi connectivity index (χ2v) is 8.53. The quantitative estimate of drug-likeness (QED) is 0.570. The number of ether oxygens (including phenoxy) is 5. The van der Waals surface area contributed by atoms with Crippen LogP contribution in [-0.2, 0) is 0 Å². The van der Waals surface area contributed by atoms with Gasteiger partial charge in [-0.2, -0.15) is 5.26 Å². The summed E-state index contributed by atoms with van der Waals surface area (Å²) in [5.41, 5.74) is 3.67. The fourth-order valence-corrected chi connectivity index (χ4v) is 5.32. The summed E-state index contributed by atoms with van der Waals surface area (Å²) in [5.74, 6) is 3.03. The van der Waals surface area contributed by atoms with Crippen molar-refractivity contribution in [2.45, 2.75) is 37.6 Å². The highest BCUT2D eigenvalue weighted by Crippen LogP contribution is 2.50. The molecule has 4 rings (SSSR count). The van der Waals surface area contributed by atoms with Gasteiger partial charge in [-0.3, -0.25) is 0 Å².